The van der Waals surface area contributed by atoms with Gasteiger partial charge in [0.25, 0.3) is 10.0 Å². The normalized spacial score (nSPS) is 10.9. The Kier molecular flexibility index (Phi) is 6.63. The smallest absolute Gasteiger partial charge is 0.262 e. The Bertz CT molecular complexity index is 943. The molecule has 0 aliphatic carbocycles. The number of hydrogen-bond donors (Lipinski definition) is 3. The van der Waals surface area contributed by atoms with E-state index in [-0.39, 0.29) is 4.90 Å². The zero-order chi connectivity index (χ0) is 19.3. The molecule has 0 radical (unpaired) electrons. The number of sulfonamides is 1. The van der Waals surface area contributed by atoms with Crippen molar-refractivity contribution in [2.24, 2.45) is 0 Å². The standard InChI is InChI=1S/C18H20ClN3O2S2/c1-12(2)11-20-18(25)21-15-8-7-13(3)17(10-15)26(23,24)22-16-6-4-5-14(19)9-16/h4-10,22H,1,11H2,2-3H3,(H2,20,21,25). The summed E-state index contributed by atoms with van der Waals surface area (Å²) in [6, 6.07) is 11.6. The number of anilines is 2. The summed E-state index contributed by atoms with van der Waals surface area (Å²) < 4.78 is 28.0. The van der Waals surface area contributed by atoms with Crippen LogP contribution in [0, 0.1) is 6.92 Å². The summed E-state index contributed by atoms with van der Waals surface area (Å²) in [5.41, 5.74) is 2.52. The maximum absolute atomic E-state index is 12.7. The highest BCUT2D eigenvalue weighted by molar-refractivity contribution is 7.92. The second kappa shape index (κ2) is 8.53. The molecule has 0 fully saturated rings. The van der Waals surface area contributed by atoms with Gasteiger partial charge in [-0.25, -0.2) is 8.42 Å². The van der Waals surface area contributed by atoms with Crippen LogP contribution in [-0.4, -0.2) is 20.1 Å². The van der Waals surface area contributed by atoms with Gasteiger partial charge < -0.3 is 10.6 Å². The summed E-state index contributed by atoms with van der Waals surface area (Å²) in [4.78, 5) is 0.158. The van der Waals surface area contributed by atoms with E-state index in [2.05, 4.69) is 21.9 Å². The van der Waals surface area contributed by atoms with Crippen molar-refractivity contribution in [2.75, 3.05) is 16.6 Å². The molecular weight excluding hydrogens is 390 g/mol. The molecule has 0 aliphatic rings. The van der Waals surface area contributed by atoms with Crippen LogP contribution in [0.2, 0.25) is 5.02 Å². The SMILES string of the molecule is C=C(C)CNC(=S)Nc1ccc(C)c(S(=O)(=O)Nc2cccc(Cl)c2)c1. The number of hydrogen-bond acceptors (Lipinski definition) is 3. The van der Waals surface area contributed by atoms with E-state index in [0.29, 0.717) is 33.6 Å². The van der Waals surface area contributed by atoms with Crippen LogP contribution in [0.25, 0.3) is 0 Å². The summed E-state index contributed by atoms with van der Waals surface area (Å²) >= 11 is 11.1. The van der Waals surface area contributed by atoms with E-state index >= 15 is 0 Å². The molecule has 0 bridgehead atoms. The first-order valence-corrected chi connectivity index (χ1v) is 10.0. The van der Waals surface area contributed by atoms with E-state index in [9.17, 15) is 8.42 Å². The van der Waals surface area contributed by atoms with Crippen molar-refractivity contribution >= 4 is 50.3 Å². The number of rotatable bonds is 6. The average molecular weight is 410 g/mol. The minimum absolute atomic E-state index is 0.158. The summed E-state index contributed by atoms with van der Waals surface area (Å²) in [5, 5.41) is 6.81. The van der Waals surface area contributed by atoms with E-state index in [1.165, 1.54) is 6.07 Å². The molecule has 8 heteroatoms. The van der Waals surface area contributed by atoms with E-state index in [0.717, 1.165) is 5.57 Å². The number of benzene rings is 2. The zero-order valence-corrected chi connectivity index (χ0v) is 16.9. The lowest BCUT2D eigenvalue weighted by Gasteiger charge is -2.14. The fourth-order valence-electron chi connectivity index (χ4n) is 2.14. The highest BCUT2D eigenvalue weighted by Gasteiger charge is 2.18. The molecule has 2 rings (SSSR count). The second-order valence-corrected chi connectivity index (χ2v) is 8.36. The number of nitrogens with one attached hydrogen (secondary N) is 3. The quantitative estimate of drug-likeness (QED) is 0.489. The van der Waals surface area contributed by atoms with Gasteiger partial charge in [-0.15, -0.1) is 0 Å². The van der Waals surface area contributed by atoms with Crippen LogP contribution >= 0.6 is 23.8 Å². The minimum Gasteiger partial charge on any atom is -0.359 e. The van der Waals surface area contributed by atoms with Gasteiger partial charge in [-0.3, -0.25) is 4.72 Å². The molecule has 0 heterocycles. The van der Waals surface area contributed by atoms with Crippen LogP contribution < -0.4 is 15.4 Å². The molecule has 26 heavy (non-hydrogen) atoms. The molecule has 5 nitrogen and oxygen atoms in total. The van der Waals surface area contributed by atoms with Crippen LogP contribution in [0.4, 0.5) is 11.4 Å². The van der Waals surface area contributed by atoms with Crippen LogP contribution in [0.3, 0.4) is 0 Å². The van der Waals surface area contributed by atoms with Crippen LogP contribution in [0.15, 0.2) is 59.5 Å². The molecule has 0 spiro atoms. The van der Waals surface area contributed by atoms with Crippen molar-refractivity contribution in [2.45, 2.75) is 18.7 Å². The van der Waals surface area contributed by atoms with E-state index in [1.54, 1.807) is 43.3 Å². The first-order chi connectivity index (χ1) is 12.2. The van der Waals surface area contributed by atoms with Crippen molar-refractivity contribution in [1.29, 1.82) is 0 Å². The van der Waals surface area contributed by atoms with Gasteiger partial charge in [-0.05, 0) is 62.0 Å². The highest BCUT2D eigenvalue weighted by Crippen LogP contribution is 2.24. The monoisotopic (exact) mass is 409 g/mol. The Labute approximate surface area is 164 Å². The first kappa shape index (κ1) is 20.2. The fourth-order valence-corrected chi connectivity index (χ4v) is 3.84. The average Bonchev–Trinajstić information content (AvgIpc) is 2.54. The summed E-state index contributed by atoms with van der Waals surface area (Å²) in [6.45, 7) is 7.94. The van der Waals surface area contributed by atoms with Crippen LogP contribution in [-0.2, 0) is 10.0 Å². The van der Waals surface area contributed by atoms with Crippen molar-refractivity contribution in [3.63, 3.8) is 0 Å². The Hall–Kier alpha value is -2.09. The molecule has 0 aromatic heterocycles. The lowest BCUT2D eigenvalue weighted by molar-refractivity contribution is 0.600. The van der Waals surface area contributed by atoms with E-state index in [1.807, 2.05) is 6.92 Å². The van der Waals surface area contributed by atoms with Crippen LogP contribution in [0.5, 0.6) is 0 Å². The van der Waals surface area contributed by atoms with Crippen LogP contribution in [0.1, 0.15) is 12.5 Å². The number of aryl methyl sites for hydroxylation is 1. The van der Waals surface area contributed by atoms with Gasteiger partial charge in [0.15, 0.2) is 5.11 Å². The molecule has 0 saturated carbocycles. The zero-order valence-electron chi connectivity index (χ0n) is 14.5. The first-order valence-electron chi connectivity index (χ1n) is 7.75. The third kappa shape index (κ3) is 5.72. The molecule has 138 valence electrons. The van der Waals surface area contributed by atoms with Gasteiger partial charge in [0.1, 0.15) is 0 Å². The van der Waals surface area contributed by atoms with Gasteiger partial charge in [0.2, 0.25) is 0 Å². The molecule has 3 N–H and O–H groups in total. The van der Waals surface area contributed by atoms with E-state index < -0.39 is 10.0 Å². The maximum atomic E-state index is 12.7. The number of thiocarbonyl (C=S) groups is 1. The van der Waals surface area contributed by atoms with Gasteiger partial charge in [-0.1, -0.05) is 35.9 Å². The van der Waals surface area contributed by atoms with Gasteiger partial charge in [0.05, 0.1) is 10.6 Å². The van der Waals surface area contributed by atoms with Crippen molar-refractivity contribution < 1.29 is 8.42 Å². The summed E-state index contributed by atoms with van der Waals surface area (Å²) in [6.07, 6.45) is 0. The number of halogens is 1. The van der Waals surface area contributed by atoms with Gasteiger partial charge >= 0.3 is 0 Å². The summed E-state index contributed by atoms with van der Waals surface area (Å²) in [5.74, 6) is 0. The lowest BCUT2D eigenvalue weighted by Crippen LogP contribution is -2.29. The molecule has 0 saturated heterocycles. The van der Waals surface area contributed by atoms with E-state index in [4.69, 9.17) is 23.8 Å². The Balaban J connectivity index is 2.22. The minimum atomic E-state index is -3.77. The predicted octanol–water partition coefficient (Wildman–Crippen LogP) is 4.31. The molecule has 2 aromatic carbocycles. The van der Waals surface area contributed by atoms with Gasteiger partial charge in [-0.2, -0.15) is 0 Å². The third-order valence-electron chi connectivity index (χ3n) is 3.36. The highest BCUT2D eigenvalue weighted by atomic mass is 35.5. The Morgan fingerprint density at radius 3 is 2.58 bits per heavy atom. The summed E-state index contributed by atoms with van der Waals surface area (Å²) in [7, 11) is -3.77. The largest absolute Gasteiger partial charge is 0.359 e. The van der Waals surface area contributed by atoms with Crippen molar-refractivity contribution in [3.8, 4) is 0 Å². The van der Waals surface area contributed by atoms with Crippen molar-refractivity contribution in [1.82, 2.24) is 5.32 Å². The topological polar surface area (TPSA) is 70.2 Å². The second-order valence-electron chi connectivity index (χ2n) is 5.86. The van der Waals surface area contributed by atoms with Crippen molar-refractivity contribution in [3.05, 3.63) is 65.2 Å². The van der Waals surface area contributed by atoms with Gasteiger partial charge in [0, 0.05) is 17.3 Å². The molecular formula is C18H20ClN3O2S2. The Morgan fingerprint density at radius 2 is 1.92 bits per heavy atom. The fraction of sp³-hybridized carbons (Fsp3) is 0.167. The predicted molar refractivity (Wildman–Crippen MR) is 112 cm³/mol. The maximum Gasteiger partial charge on any atom is 0.262 e. The Morgan fingerprint density at radius 1 is 1.19 bits per heavy atom. The molecule has 0 unspecified atom stereocenters. The molecule has 0 amide bonds. The lowest BCUT2D eigenvalue weighted by atomic mass is 10.2. The third-order valence-corrected chi connectivity index (χ3v) is 5.37. The molecule has 0 aliphatic heterocycles. The molecule has 2 aromatic rings. The molecule has 0 atom stereocenters.